The number of hydrogen-bond acceptors (Lipinski definition) is 3. The number of alkyl carbamates (subject to hydrolysis) is 1. The van der Waals surface area contributed by atoms with Crippen LogP contribution in [0.4, 0.5) is 4.79 Å². The maximum absolute atomic E-state index is 11.9. The maximum Gasteiger partial charge on any atom is 0.408 e. The fraction of sp³-hybridized carbons (Fsp3) is 0.941. The fourth-order valence-corrected chi connectivity index (χ4v) is 3.14. The molecule has 0 aliphatic heterocycles. The minimum Gasteiger partial charge on any atom is -0.444 e. The molecule has 0 heterocycles. The van der Waals surface area contributed by atoms with Crippen molar-refractivity contribution in [3.8, 4) is 0 Å². The predicted molar refractivity (Wildman–Crippen MR) is 87.4 cm³/mol. The third-order valence-corrected chi connectivity index (χ3v) is 3.85. The van der Waals surface area contributed by atoms with Gasteiger partial charge in [-0.05, 0) is 65.7 Å². The molecule has 0 spiro atoms. The first-order chi connectivity index (χ1) is 9.47. The predicted octanol–water partition coefficient (Wildman–Crippen LogP) is 3.70. The molecule has 0 bridgehead atoms. The lowest BCUT2D eigenvalue weighted by molar-refractivity contribution is 0.0468. The molecule has 1 fully saturated rings. The number of carbonyl (C=O) groups excluding carboxylic acids is 1. The van der Waals surface area contributed by atoms with Crippen molar-refractivity contribution in [3.63, 3.8) is 0 Å². The molecule has 2 N–H and O–H groups in total. The molecular weight excluding hydrogens is 264 g/mol. The van der Waals surface area contributed by atoms with Gasteiger partial charge in [0.05, 0.1) is 5.54 Å². The first-order valence-corrected chi connectivity index (χ1v) is 8.21. The van der Waals surface area contributed by atoms with Crippen LogP contribution in [0.5, 0.6) is 0 Å². The molecule has 0 aromatic rings. The molecule has 2 unspecified atom stereocenters. The molecule has 1 aliphatic rings. The van der Waals surface area contributed by atoms with E-state index in [-0.39, 0.29) is 11.6 Å². The number of nitrogens with one attached hydrogen (secondary N) is 2. The van der Waals surface area contributed by atoms with E-state index in [1.807, 2.05) is 34.6 Å². The normalized spacial score (nSPS) is 27.3. The molecule has 1 aliphatic carbocycles. The summed E-state index contributed by atoms with van der Waals surface area (Å²) in [6.07, 6.45) is 3.44. The molecule has 0 aromatic carbocycles. The summed E-state index contributed by atoms with van der Waals surface area (Å²) < 4.78 is 5.32. The highest BCUT2D eigenvalue weighted by Crippen LogP contribution is 2.28. The highest BCUT2D eigenvalue weighted by Gasteiger charge is 2.28. The summed E-state index contributed by atoms with van der Waals surface area (Å²) in [6.45, 7) is 15.1. The highest BCUT2D eigenvalue weighted by molar-refractivity contribution is 5.68. The zero-order chi connectivity index (χ0) is 16.3. The summed E-state index contributed by atoms with van der Waals surface area (Å²) in [6, 6.07) is 0.559. The Labute approximate surface area is 130 Å². The van der Waals surface area contributed by atoms with E-state index in [1.165, 1.54) is 19.3 Å². The molecular formula is C17H34N2O2. The van der Waals surface area contributed by atoms with Crippen molar-refractivity contribution in [1.29, 1.82) is 0 Å². The maximum atomic E-state index is 11.9. The first-order valence-electron chi connectivity index (χ1n) is 8.21. The zero-order valence-corrected chi connectivity index (χ0v) is 14.9. The van der Waals surface area contributed by atoms with Crippen molar-refractivity contribution in [2.45, 2.75) is 84.9 Å². The van der Waals surface area contributed by atoms with E-state index in [0.717, 1.165) is 18.4 Å². The Morgan fingerprint density at radius 3 is 2.05 bits per heavy atom. The van der Waals surface area contributed by atoms with Crippen molar-refractivity contribution in [3.05, 3.63) is 0 Å². The molecule has 124 valence electrons. The second-order valence-electron chi connectivity index (χ2n) is 8.51. The van der Waals surface area contributed by atoms with Gasteiger partial charge in [-0.25, -0.2) is 4.79 Å². The van der Waals surface area contributed by atoms with E-state index in [4.69, 9.17) is 4.74 Å². The molecule has 1 amide bonds. The Morgan fingerprint density at radius 2 is 1.57 bits per heavy atom. The molecule has 4 heteroatoms. The van der Waals surface area contributed by atoms with Gasteiger partial charge < -0.3 is 15.4 Å². The van der Waals surface area contributed by atoms with E-state index >= 15 is 0 Å². The standard InChI is InChI=1S/C17H34N2O2/c1-12-8-13(2)10-14(9-12)18-11-17(6,7)19-15(20)21-16(3,4)5/h12-14,18H,8-11H2,1-7H3,(H,19,20). The molecule has 21 heavy (non-hydrogen) atoms. The van der Waals surface area contributed by atoms with E-state index < -0.39 is 5.60 Å². The van der Waals surface area contributed by atoms with Crippen molar-refractivity contribution in [2.75, 3.05) is 6.54 Å². The van der Waals surface area contributed by atoms with Crippen LogP contribution >= 0.6 is 0 Å². The van der Waals surface area contributed by atoms with E-state index in [0.29, 0.717) is 6.04 Å². The quantitative estimate of drug-likeness (QED) is 0.832. The van der Waals surface area contributed by atoms with Crippen molar-refractivity contribution < 1.29 is 9.53 Å². The molecule has 0 aromatic heterocycles. The lowest BCUT2D eigenvalue weighted by Gasteiger charge is -2.35. The molecule has 0 saturated heterocycles. The minimum absolute atomic E-state index is 0.313. The number of rotatable bonds is 4. The van der Waals surface area contributed by atoms with Gasteiger partial charge >= 0.3 is 6.09 Å². The van der Waals surface area contributed by atoms with Gasteiger partial charge in [-0.1, -0.05) is 13.8 Å². The fourth-order valence-electron chi connectivity index (χ4n) is 3.14. The number of hydrogen-bond donors (Lipinski definition) is 2. The average molecular weight is 298 g/mol. The summed E-state index contributed by atoms with van der Waals surface area (Å²) in [5, 5.41) is 6.57. The summed E-state index contributed by atoms with van der Waals surface area (Å²) in [7, 11) is 0. The molecule has 0 radical (unpaired) electrons. The first kappa shape index (κ1) is 18.3. The summed E-state index contributed by atoms with van der Waals surface area (Å²) >= 11 is 0. The largest absolute Gasteiger partial charge is 0.444 e. The lowest BCUT2D eigenvalue weighted by Crippen LogP contribution is -2.53. The molecule has 4 nitrogen and oxygen atoms in total. The van der Waals surface area contributed by atoms with Crippen LogP contribution in [0, 0.1) is 11.8 Å². The molecule has 2 atom stereocenters. The van der Waals surface area contributed by atoms with Gasteiger partial charge in [0, 0.05) is 12.6 Å². The highest BCUT2D eigenvalue weighted by atomic mass is 16.6. The van der Waals surface area contributed by atoms with Crippen LogP contribution < -0.4 is 10.6 Å². The Kier molecular flexibility index (Phi) is 6.09. The van der Waals surface area contributed by atoms with E-state index in [9.17, 15) is 4.79 Å². The van der Waals surface area contributed by atoms with Crippen LogP contribution in [0.25, 0.3) is 0 Å². The number of amides is 1. The minimum atomic E-state index is -0.457. The van der Waals surface area contributed by atoms with Crippen molar-refractivity contribution in [2.24, 2.45) is 11.8 Å². The van der Waals surface area contributed by atoms with Gasteiger partial charge in [0.2, 0.25) is 0 Å². The summed E-state index contributed by atoms with van der Waals surface area (Å²) in [4.78, 5) is 11.9. The Bertz CT molecular complexity index is 337. The van der Waals surface area contributed by atoms with Crippen LogP contribution in [0.1, 0.15) is 67.7 Å². The molecule has 1 rings (SSSR count). The van der Waals surface area contributed by atoms with Gasteiger partial charge in [0.25, 0.3) is 0 Å². The van der Waals surface area contributed by atoms with Crippen molar-refractivity contribution in [1.82, 2.24) is 10.6 Å². The topological polar surface area (TPSA) is 50.4 Å². The van der Waals surface area contributed by atoms with E-state index in [1.54, 1.807) is 0 Å². The Hall–Kier alpha value is -0.770. The second kappa shape index (κ2) is 6.99. The van der Waals surface area contributed by atoms with Crippen LogP contribution in [-0.4, -0.2) is 29.8 Å². The average Bonchev–Trinajstić information content (AvgIpc) is 2.21. The molecule has 1 saturated carbocycles. The SMILES string of the molecule is CC1CC(C)CC(NCC(C)(C)NC(=O)OC(C)(C)C)C1. The van der Waals surface area contributed by atoms with Crippen LogP contribution in [0.2, 0.25) is 0 Å². The van der Waals surface area contributed by atoms with Gasteiger partial charge in [0.15, 0.2) is 0 Å². The zero-order valence-electron chi connectivity index (χ0n) is 14.9. The van der Waals surface area contributed by atoms with E-state index in [2.05, 4.69) is 24.5 Å². The van der Waals surface area contributed by atoms with Gasteiger partial charge in [-0.15, -0.1) is 0 Å². The monoisotopic (exact) mass is 298 g/mol. The Morgan fingerprint density at radius 1 is 1.05 bits per heavy atom. The van der Waals surface area contributed by atoms with Crippen LogP contribution in [0.3, 0.4) is 0 Å². The van der Waals surface area contributed by atoms with Gasteiger partial charge in [-0.3, -0.25) is 0 Å². The third-order valence-electron chi connectivity index (χ3n) is 3.85. The smallest absolute Gasteiger partial charge is 0.408 e. The Balaban J connectivity index is 2.40. The lowest BCUT2D eigenvalue weighted by atomic mass is 9.80. The van der Waals surface area contributed by atoms with Crippen LogP contribution in [0.15, 0.2) is 0 Å². The second-order valence-corrected chi connectivity index (χ2v) is 8.51. The van der Waals surface area contributed by atoms with Gasteiger partial charge in [-0.2, -0.15) is 0 Å². The number of carbonyl (C=O) groups is 1. The third kappa shape index (κ3) is 7.70. The van der Waals surface area contributed by atoms with Crippen molar-refractivity contribution >= 4 is 6.09 Å². The van der Waals surface area contributed by atoms with Gasteiger partial charge in [0.1, 0.15) is 5.60 Å². The summed E-state index contributed by atoms with van der Waals surface area (Å²) in [5.74, 6) is 1.57. The number of ether oxygens (including phenoxy) is 1. The van der Waals surface area contributed by atoms with Crippen LogP contribution in [-0.2, 0) is 4.74 Å². The summed E-state index contributed by atoms with van der Waals surface area (Å²) in [5.41, 5.74) is -0.770.